The summed E-state index contributed by atoms with van der Waals surface area (Å²) in [6, 6.07) is 0. The number of aromatic nitrogens is 2. The average molecular weight is 193 g/mol. The van der Waals surface area contributed by atoms with E-state index < -0.39 is 5.54 Å². The Labute approximate surface area is 83.5 Å². The molecule has 76 valence electrons. The maximum absolute atomic E-state index is 6.04. The van der Waals surface area contributed by atoms with Gasteiger partial charge in [-0.15, -0.1) is 0 Å². The summed E-state index contributed by atoms with van der Waals surface area (Å²) in [6.07, 6.45) is 2.45. The van der Waals surface area contributed by atoms with Crippen molar-refractivity contribution in [3.8, 4) is 0 Å². The number of fused-ring (bicyclic) bond motifs is 1. The Balaban J connectivity index is 2.51. The van der Waals surface area contributed by atoms with Gasteiger partial charge < -0.3 is 10.5 Å². The van der Waals surface area contributed by atoms with Crippen LogP contribution in [0, 0.1) is 0 Å². The van der Waals surface area contributed by atoms with E-state index in [0.29, 0.717) is 6.61 Å². The van der Waals surface area contributed by atoms with E-state index in [1.165, 1.54) is 0 Å². The second kappa shape index (κ2) is 3.29. The minimum atomic E-state index is -0.423. The van der Waals surface area contributed by atoms with E-state index in [1.54, 1.807) is 6.33 Å². The van der Waals surface area contributed by atoms with Crippen LogP contribution in [0.25, 0.3) is 0 Å². The first-order valence-corrected chi connectivity index (χ1v) is 4.79. The Hall–Kier alpha value is -1.00. The zero-order chi connectivity index (χ0) is 10.2. The third kappa shape index (κ3) is 1.63. The Morgan fingerprint density at radius 3 is 2.93 bits per heavy atom. The lowest BCUT2D eigenvalue weighted by Crippen LogP contribution is -2.33. The van der Waals surface area contributed by atoms with Gasteiger partial charge in [-0.1, -0.05) is 0 Å². The Morgan fingerprint density at radius 2 is 2.21 bits per heavy atom. The molecule has 4 heteroatoms. The summed E-state index contributed by atoms with van der Waals surface area (Å²) in [5, 5.41) is 0. The highest BCUT2D eigenvalue weighted by molar-refractivity contribution is 5.29. The minimum Gasteiger partial charge on any atom is -0.376 e. The van der Waals surface area contributed by atoms with Crippen molar-refractivity contribution in [1.29, 1.82) is 0 Å². The van der Waals surface area contributed by atoms with Gasteiger partial charge in [0.05, 0.1) is 30.1 Å². The second-order valence-corrected chi connectivity index (χ2v) is 4.17. The van der Waals surface area contributed by atoms with Crippen LogP contribution < -0.4 is 5.73 Å². The molecular weight excluding hydrogens is 178 g/mol. The van der Waals surface area contributed by atoms with Crippen molar-refractivity contribution in [2.75, 3.05) is 6.61 Å². The molecule has 0 radical (unpaired) electrons. The molecule has 1 aromatic rings. The van der Waals surface area contributed by atoms with Gasteiger partial charge in [-0.3, -0.25) is 0 Å². The highest BCUT2D eigenvalue weighted by atomic mass is 16.5. The van der Waals surface area contributed by atoms with Crippen molar-refractivity contribution < 1.29 is 4.74 Å². The van der Waals surface area contributed by atoms with Gasteiger partial charge in [0.15, 0.2) is 0 Å². The Kier molecular flexibility index (Phi) is 2.25. The number of hydrogen-bond acceptors (Lipinski definition) is 4. The lowest BCUT2D eigenvalue weighted by molar-refractivity contribution is 0.107. The van der Waals surface area contributed by atoms with Gasteiger partial charge in [-0.2, -0.15) is 0 Å². The lowest BCUT2D eigenvalue weighted by atomic mass is 9.95. The molecule has 0 aliphatic carbocycles. The average Bonchev–Trinajstić information content (AvgIpc) is 2.15. The summed E-state index contributed by atoms with van der Waals surface area (Å²) in [5.41, 5.74) is 8.68. The molecule has 0 spiro atoms. The van der Waals surface area contributed by atoms with Crippen LogP contribution in [-0.4, -0.2) is 16.6 Å². The zero-order valence-electron chi connectivity index (χ0n) is 8.58. The van der Waals surface area contributed by atoms with Gasteiger partial charge in [0.2, 0.25) is 0 Å². The minimum absolute atomic E-state index is 0.423. The molecule has 0 aromatic carbocycles. The monoisotopic (exact) mass is 193 g/mol. The molecule has 1 aliphatic heterocycles. The van der Waals surface area contributed by atoms with E-state index in [0.717, 1.165) is 30.0 Å². The number of nitrogens with zero attached hydrogens (tertiary/aromatic N) is 2. The fourth-order valence-electron chi connectivity index (χ4n) is 1.71. The molecule has 1 aliphatic rings. The quantitative estimate of drug-likeness (QED) is 0.714. The topological polar surface area (TPSA) is 61.0 Å². The molecule has 0 amide bonds. The molecule has 0 saturated carbocycles. The lowest BCUT2D eigenvalue weighted by Gasteiger charge is -2.25. The van der Waals surface area contributed by atoms with Gasteiger partial charge in [-0.25, -0.2) is 9.97 Å². The summed E-state index contributed by atoms with van der Waals surface area (Å²) in [7, 11) is 0. The molecule has 2 N–H and O–H groups in total. The Morgan fingerprint density at radius 1 is 1.43 bits per heavy atom. The van der Waals surface area contributed by atoms with E-state index in [1.807, 2.05) is 13.8 Å². The van der Waals surface area contributed by atoms with Gasteiger partial charge in [-0.05, 0) is 13.8 Å². The third-order valence-electron chi connectivity index (χ3n) is 2.37. The van der Waals surface area contributed by atoms with Gasteiger partial charge >= 0.3 is 0 Å². The maximum atomic E-state index is 6.04. The predicted octanol–water partition coefficient (Wildman–Crippen LogP) is 0.743. The molecule has 2 rings (SSSR count). The van der Waals surface area contributed by atoms with Crippen LogP contribution in [0.2, 0.25) is 0 Å². The van der Waals surface area contributed by atoms with E-state index in [9.17, 15) is 0 Å². The van der Waals surface area contributed by atoms with Crippen LogP contribution in [-0.2, 0) is 23.3 Å². The molecular formula is C10H15N3O. The smallest absolute Gasteiger partial charge is 0.116 e. The highest BCUT2D eigenvalue weighted by Crippen LogP contribution is 2.24. The Bertz CT molecular complexity index is 344. The van der Waals surface area contributed by atoms with Crippen LogP contribution in [0.1, 0.15) is 30.8 Å². The van der Waals surface area contributed by atoms with Crippen LogP contribution in [0.5, 0.6) is 0 Å². The first-order valence-electron chi connectivity index (χ1n) is 4.79. The van der Waals surface area contributed by atoms with E-state index in [-0.39, 0.29) is 0 Å². The zero-order valence-corrected chi connectivity index (χ0v) is 8.58. The van der Waals surface area contributed by atoms with Crippen LogP contribution in [0.3, 0.4) is 0 Å². The van der Waals surface area contributed by atoms with Crippen molar-refractivity contribution in [3.05, 3.63) is 23.3 Å². The molecule has 0 fully saturated rings. The molecule has 4 nitrogen and oxygen atoms in total. The van der Waals surface area contributed by atoms with Gasteiger partial charge in [0, 0.05) is 12.0 Å². The SMILES string of the molecule is CC(C)(N)c1ncnc2c1COCC2. The van der Waals surface area contributed by atoms with Gasteiger partial charge in [0.1, 0.15) is 6.33 Å². The van der Waals surface area contributed by atoms with Crippen molar-refractivity contribution >= 4 is 0 Å². The number of hydrogen-bond donors (Lipinski definition) is 1. The molecule has 0 bridgehead atoms. The van der Waals surface area contributed by atoms with Crippen LogP contribution in [0.4, 0.5) is 0 Å². The molecule has 2 heterocycles. The van der Waals surface area contributed by atoms with Crippen molar-refractivity contribution in [1.82, 2.24) is 9.97 Å². The first kappa shape index (κ1) is 9.55. The second-order valence-electron chi connectivity index (χ2n) is 4.17. The number of nitrogens with two attached hydrogens (primary N) is 1. The summed E-state index contributed by atoms with van der Waals surface area (Å²) < 4.78 is 5.40. The van der Waals surface area contributed by atoms with Crippen molar-refractivity contribution in [3.63, 3.8) is 0 Å². The maximum Gasteiger partial charge on any atom is 0.116 e. The van der Waals surface area contributed by atoms with E-state index in [4.69, 9.17) is 10.5 Å². The van der Waals surface area contributed by atoms with Gasteiger partial charge in [0.25, 0.3) is 0 Å². The summed E-state index contributed by atoms with van der Waals surface area (Å²) in [4.78, 5) is 8.49. The summed E-state index contributed by atoms with van der Waals surface area (Å²) in [6.45, 7) is 5.23. The highest BCUT2D eigenvalue weighted by Gasteiger charge is 2.24. The fraction of sp³-hybridized carbons (Fsp3) is 0.600. The van der Waals surface area contributed by atoms with Crippen LogP contribution >= 0.6 is 0 Å². The number of rotatable bonds is 1. The molecule has 1 aromatic heterocycles. The first-order chi connectivity index (χ1) is 6.59. The summed E-state index contributed by atoms with van der Waals surface area (Å²) >= 11 is 0. The van der Waals surface area contributed by atoms with Crippen molar-refractivity contribution in [2.45, 2.75) is 32.4 Å². The van der Waals surface area contributed by atoms with E-state index in [2.05, 4.69) is 9.97 Å². The third-order valence-corrected chi connectivity index (χ3v) is 2.37. The number of ether oxygens (including phenoxy) is 1. The largest absolute Gasteiger partial charge is 0.376 e. The summed E-state index contributed by atoms with van der Waals surface area (Å²) in [5.74, 6) is 0. The van der Waals surface area contributed by atoms with Crippen LogP contribution in [0.15, 0.2) is 6.33 Å². The molecule has 0 atom stereocenters. The fourth-order valence-corrected chi connectivity index (χ4v) is 1.71. The van der Waals surface area contributed by atoms with Crippen molar-refractivity contribution in [2.24, 2.45) is 5.73 Å². The predicted molar refractivity (Wildman–Crippen MR) is 52.6 cm³/mol. The normalized spacial score (nSPS) is 16.5. The molecule has 0 saturated heterocycles. The molecule has 0 unspecified atom stereocenters. The molecule has 14 heavy (non-hydrogen) atoms. The standard InChI is InChI=1S/C10H15N3O/c1-10(2,11)9-7-5-14-4-3-8(7)12-6-13-9/h6H,3-5,11H2,1-2H3. The van der Waals surface area contributed by atoms with E-state index >= 15 is 0 Å².